The average Bonchev–Trinajstić information content (AvgIpc) is 3.08. The third-order valence-corrected chi connectivity index (χ3v) is 3.50. The molecule has 2 aromatic rings. The lowest BCUT2D eigenvalue weighted by atomic mass is 10.2. The van der Waals surface area contributed by atoms with Crippen LogP contribution in [0.5, 0.6) is 0 Å². The van der Waals surface area contributed by atoms with Crippen molar-refractivity contribution in [3.05, 3.63) is 18.9 Å². The van der Waals surface area contributed by atoms with E-state index in [1.807, 2.05) is 0 Å². The zero-order valence-electron chi connectivity index (χ0n) is 12.7. The smallest absolute Gasteiger partial charge is 0.303 e. The van der Waals surface area contributed by atoms with Crippen LogP contribution in [0.2, 0.25) is 0 Å². The van der Waals surface area contributed by atoms with E-state index < -0.39 is 30.4 Å². The van der Waals surface area contributed by atoms with Crippen molar-refractivity contribution in [3.63, 3.8) is 0 Å². The highest BCUT2D eigenvalue weighted by Gasteiger charge is 2.39. The Hall–Kier alpha value is -2.55. The van der Waals surface area contributed by atoms with Gasteiger partial charge in [0.2, 0.25) is 0 Å². The van der Waals surface area contributed by atoms with Crippen molar-refractivity contribution in [3.8, 4) is 0 Å². The van der Waals surface area contributed by atoms with Crippen LogP contribution in [0.15, 0.2) is 18.9 Å². The summed E-state index contributed by atoms with van der Waals surface area (Å²) in [4.78, 5) is 34.6. The molecular formula is C14H16N4O5. The third-order valence-electron chi connectivity index (χ3n) is 3.50. The van der Waals surface area contributed by atoms with Gasteiger partial charge in [0.05, 0.1) is 12.5 Å². The summed E-state index contributed by atoms with van der Waals surface area (Å²) in [6.07, 6.45) is 3.59. The predicted octanol–water partition coefficient (Wildman–Crippen LogP) is 0.609. The van der Waals surface area contributed by atoms with E-state index in [2.05, 4.69) is 15.0 Å². The molecule has 0 radical (unpaired) electrons. The van der Waals surface area contributed by atoms with Crippen molar-refractivity contribution in [2.24, 2.45) is 0 Å². The third kappa shape index (κ3) is 3.29. The number of imidazole rings is 1. The van der Waals surface area contributed by atoms with Gasteiger partial charge >= 0.3 is 11.9 Å². The van der Waals surface area contributed by atoms with Crippen molar-refractivity contribution in [1.82, 2.24) is 19.5 Å². The average molecular weight is 320 g/mol. The van der Waals surface area contributed by atoms with Gasteiger partial charge in [0.1, 0.15) is 36.9 Å². The standard InChI is InChI=1S/C14H16N4O5/c1-8(19)21-5-12-11(22-9(2)20)3-13(23-12)18-7-17-10-4-15-6-16-14(10)18/h4,6-7,11-13H,3,5H2,1-2H3/t11-,12+,13?/m1/s1. The number of aromatic nitrogens is 4. The number of fused-ring (bicyclic) bond motifs is 1. The molecule has 1 fully saturated rings. The minimum atomic E-state index is -0.535. The van der Waals surface area contributed by atoms with Crippen LogP contribution in [0.3, 0.4) is 0 Å². The van der Waals surface area contributed by atoms with Crippen LogP contribution in [-0.2, 0) is 23.8 Å². The molecular weight excluding hydrogens is 304 g/mol. The first kappa shape index (κ1) is 15.3. The Morgan fingerprint density at radius 1 is 1.35 bits per heavy atom. The Kier molecular flexibility index (Phi) is 4.20. The summed E-state index contributed by atoms with van der Waals surface area (Å²) in [5.74, 6) is -0.829. The van der Waals surface area contributed by atoms with Gasteiger partial charge in [-0.15, -0.1) is 0 Å². The van der Waals surface area contributed by atoms with E-state index in [1.165, 1.54) is 20.2 Å². The number of hydrogen-bond donors (Lipinski definition) is 0. The van der Waals surface area contributed by atoms with E-state index in [9.17, 15) is 9.59 Å². The first-order chi connectivity index (χ1) is 11.0. The maximum atomic E-state index is 11.3. The van der Waals surface area contributed by atoms with Crippen molar-refractivity contribution in [1.29, 1.82) is 0 Å². The minimum absolute atomic E-state index is 0.0192. The summed E-state index contributed by atoms with van der Waals surface area (Å²) in [5.41, 5.74) is 1.27. The molecule has 3 heterocycles. The minimum Gasteiger partial charge on any atom is -0.463 e. The van der Waals surface area contributed by atoms with Gasteiger partial charge in [-0.25, -0.2) is 15.0 Å². The molecule has 23 heavy (non-hydrogen) atoms. The summed E-state index contributed by atoms with van der Waals surface area (Å²) in [6.45, 7) is 2.66. The van der Waals surface area contributed by atoms with Crippen molar-refractivity contribution in [2.45, 2.75) is 38.7 Å². The second kappa shape index (κ2) is 6.29. The molecule has 0 aliphatic carbocycles. The lowest BCUT2D eigenvalue weighted by Crippen LogP contribution is -2.31. The molecule has 0 aromatic carbocycles. The molecule has 3 atom stereocenters. The molecule has 1 aliphatic rings. The van der Waals surface area contributed by atoms with Crippen LogP contribution < -0.4 is 0 Å². The second-order valence-electron chi connectivity index (χ2n) is 5.20. The van der Waals surface area contributed by atoms with Gasteiger partial charge in [0, 0.05) is 20.3 Å². The molecule has 2 aromatic heterocycles. The van der Waals surface area contributed by atoms with Gasteiger partial charge < -0.3 is 14.2 Å². The van der Waals surface area contributed by atoms with E-state index in [4.69, 9.17) is 14.2 Å². The van der Waals surface area contributed by atoms with Crippen LogP contribution in [0.4, 0.5) is 0 Å². The van der Waals surface area contributed by atoms with Crippen molar-refractivity contribution < 1.29 is 23.8 Å². The lowest BCUT2D eigenvalue weighted by molar-refractivity contribution is -0.155. The zero-order chi connectivity index (χ0) is 16.4. The molecule has 0 N–H and O–H groups in total. The number of carbonyl (C=O) groups excluding carboxylic acids is 2. The molecule has 9 heteroatoms. The highest BCUT2D eigenvalue weighted by molar-refractivity contribution is 5.69. The Morgan fingerprint density at radius 2 is 2.17 bits per heavy atom. The van der Waals surface area contributed by atoms with Gasteiger partial charge in [-0.3, -0.25) is 14.2 Å². The molecule has 3 rings (SSSR count). The molecule has 0 saturated carbocycles. The molecule has 1 unspecified atom stereocenters. The summed E-state index contributed by atoms with van der Waals surface area (Å²) in [7, 11) is 0. The first-order valence-electron chi connectivity index (χ1n) is 7.13. The molecule has 0 bridgehead atoms. The Labute approximate surface area is 131 Å². The summed E-state index contributed by atoms with van der Waals surface area (Å²) in [5, 5.41) is 0. The molecule has 122 valence electrons. The number of ether oxygens (including phenoxy) is 3. The van der Waals surface area contributed by atoms with Crippen LogP contribution in [0, 0.1) is 0 Å². The molecule has 1 saturated heterocycles. The van der Waals surface area contributed by atoms with Gasteiger partial charge in [0.25, 0.3) is 0 Å². The van der Waals surface area contributed by atoms with Crippen molar-refractivity contribution >= 4 is 23.1 Å². The quantitative estimate of drug-likeness (QED) is 0.754. The number of esters is 2. The van der Waals surface area contributed by atoms with Crippen LogP contribution in [0.25, 0.3) is 11.2 Å². The highest BCUT2D eigenvalue weighted by atomic mass is 16.6. The molecule has 0 spiro atoms. The van der Waals surface area contributed by atoms with Gasteiger partial charge in [-0.2, -0.15) is 0 Å². The van der Waals surface area contributed by atoms with E-state index >= 15 is 0 Å². The van der Waals surface area contributed by atoms with E-state index in [0.29, 0.717) is 17.6 Å². The van der Waals surface area contributed by atoms with Gasteiger partial charge in [-0.05, 0) is 0 Å². The fraction of sp³-hybridized carbons (Fsp3) is 0.500. The second-order valence-corrected chi connectivity index (χ2v) is 5.20. The van der Waals surface area contributed by atoms with Gasteiger partial charge in [-0.1, -0.05) is 0 Å². The van der Waals surface area contributed by atoms with Gasteiger partial charge in [0.15, 0.2) is 5.65 Å². The van der Waals surface area contributed by atoms with Crippen molar-refractivity contribution in [2.75, 3.05) is 6.61 Å². The van der Waals surface area contributed by atoms with Crippen LogP contribution in [0.1, 0.15) is 26.5 Å². The predicted molar refractivity (Wildman–Crippen MR) is 76.0 cm³/mol. The molecule has 9 nitrogen and oxygen atoms in total. The monoisotopic (exact) mass is 320 g/mol. The molecule has 1 aliphatic heterocycles. The summed E-state index contributed by atoms with van der Waals surface area (Å²) >= 11 is 0. The van der Waals surface area contributed by atoms with E-state index in [-0.39, 0.29) is 6.61 Å². The Balaban J connectivity index is 1.81. The first-order valence-corrected chi connectivity index (χ1v) is 7.13. The maximum Gasteiger partial charge on any atom is 0.303 e. The summed E-state index contributed by atoms with van der Waals surface area (Å²) in [6, 6.07) is 0. The van der Waals surface area contributed by atoms with Crippen LogP contribution in [-0.4, -0.2) is 50.3 Å². The largest absolute Gasteiger partial charge is 0.463 e. The fourth-order valence-electron chi connectivity index (χ4n) is 2.55. The number of nitrogens with zero attached hydrogens (tertiary/aromatic N) is 4. The summed E-state index contributed by atoms with van der Waals surface area (Å²) < 4.78 is 17.9. The fourth-order valence-corrected chi connectivity index (χ4v) is 2.55. The number of hydrogen-bond acceptors (Lipinski definition) is 8. The Morgan fingerprint density at radius 3 is 2.91 bits per heavy atom. The normalized spacial score (nSPS) is 23.8. The topological polar surface area (TPSA) is 105 Å². The highest BCUT2D eigenvalue weighted by Crippen LogP contribution is 2.32. The number of rotatable bonds is 4. The number of carbonyl (C=O) groups is 2. The van der Waals surface area contributed by atoms with E-state index in [0.717, 1.165) is 0 Å². The Bertz CT molecular complexity index is 731. The van der Waals surface area contributed by atoms with E-state index in [1.54, 1.807) is 17.1 Å². The lowest BCUT2D eigenvalue weighted by Gasteiger charge is -2.17. The SMILES string of the molecule is CC(=O)OC[C@@H]1OC(n2cnc3cncnc32)C[C@H]1OC(C)=O. The molecule has 0 amide bonds. The zero-order valence-corrected chi connectivity index (χ0v) is 12.7. The maximum absolute atomic E-state index is 11.3. The van der Waals surface area contributed by atoms with Crippen LogP contribution >= 0.6 is 0 Å².